The van der Waals surface area contributed by atoms with Gasteiger partial charge in [0.25, 0.3) is 5.56 Å². The molecule has 0 saturated carbocycles. The zero-order valence-electron chi connectivity index (χ0n) is 10.3. The molecule has 1 aliphatic heterocycles. The molecule has 1 aliphatic rings. The van der Waals surface area contributed by atoms with Gasteiger partial charge in [0.2, 0.25) is 0 Å². The smallest absolute Gasteiger partial charge is 0.260 e. The quantitative estimate of drug-likeness (QED) is 0.819. The highest BCUT2D eigenvalue weighted by Crippen LogP contribution is 2.16. The lowest BCUT2D eigenvalue weighted by atomic mass is 10.1. The van der Waals surface area contributed by atoms with E-state index in [-0.39, 0.29) is 10.5 Å². The maximum absolute atomic E-state index is 12.0. The number of hydrogen-bond acceptors (Lipinski definition) is 3. The van der Waals surface area contributed by atoms with Gasteiger partial charge in [0.05, 0.1) is 11.7 Å². The van der Waals surface area contributed by atoms with Crippen LogP contribution in [-0.4, -0.2) is 22.3 Å². The molecule has 1 saturated heterocycles. The van der Waals surface area contributed by atoms with E-state index in [1.807, 2.05) is 6.07 Å². The van der Waals surface area contributed by atoms with Crippen LogP contribution >= 0.6 is 12.2 Å². The van der Waals surface area contributed by atoms with Crippen molar-refractivity contribution in [2.45, 2.75) is 38.3 Å². The van der Waals surface area contributed by atoms with Crippen molar-refractivity contribution in [2.75, 3.05) is 6.61 Å². The van der Waals surface area contributed by atoms with E-state index >= 15 is 0 Å². The Hall–Kier alpha value is -1.20. The highest BCUT2D eigenvalue weighted by Gasteiger charge is 2.14. The first-order chi connectivity index (χ1) is 8.68. The van der Waals surface area contributed by atoms with Gasteiger partial charge in [0.15, 0.2) is 0 Å². The Balaban J connectivity index is 1.94. The summed E-state index contributed by atoms with van der Waals surface area (Å²) in [6.45, 7) is 1.57. The van der Waals surface area contributed by atoms with Crippen molar-refractivity contribution < 1.29 is 4.74 Å². The fourth-order valence-electron chi connectivity index (χ4n) is 2.26. The van der Waals surface area contributed by atoms with E-state index < -0.39 is 0 Å². The maximum atomic E-state index is 12.0. The third-order valence-corrected chi connectivity index (χ3v) is 3.45. The second-order valence-corrected chi connectivity index (χ2v) is 5.00. The van der Waals surface area contributed by atoms with Gasteiger partial charge in [-0.05, 0) is 37.8 Å². The highest BCUT2D eigenvalue weighted by atomic mass is 32.1. The minimum absolute atomic E-state index is 0.0997. The van der Waals surface area contributed by atoms with Crippen LogP contribution in [0.5, 0.6) is 0 Å². The zero-order chi connectivity index (χ0) is 13.0. The SMILES string of the molecule is NC(=S)c1cccn(CCCC2CCCO2)c1=O. The molecule has 4 nitrogen and oxygen atoms in total. The molecule has 0 radical (unpaired) electrons. The Morgan fingerprint density at radius 3 is 3.11 bits per heavy atom. The van der Waals surface area contributed by atoms with Crippen molar-refractivity contribution in [3.8, 4) is 0 Å². The van der Waals surface area contributed by atoms with Crippen LogP contribution in [-0.2, 0) is 11.3 Å². The first kappa shape index (κ1) is 13.2. The molecule has 1 atom stereocenters. The molecule has 1 aromatic rings. The molecule has 2 N–H and O–H groups in total. The molecule has 18 heavy (non-hydrogen) atoms. The minimum atomic E-state index is -0.0997. The van der Waals surface area contributed by atoms with Crippen LogP contribution in [0.1, 0.15) is 31.2 Å². The molecule has 0 aliphatic carbocycles. The molecule has 0 aromatic carbocycles. The van der Waals surface area contributed by atoms with Crippen LogP contribution in [0.25, 0.3) is 0 Å². The van der Waals surface area contributed by atoms with E-state index in [1.54, 1.807) is 16.8 Å². The van der Waals surface area contributed by atoms with Crippen molar-refractivity contribution in [1.29, 1.82) is 0 Å². The van der Waals surface area contributed by atoms with E-state index in [0.717, 1.165) is 32.3 Å². The van der Waals surface area contributed by atoms with Crippen LogP contribution in [0.2, 0.25) is 0 Å². The average Bonchev–Trinajstić information content (AvgIpc) is 2.84. The summed E-state index contributed by atoms with van der Waals surface area (Å²) < 4.78 is 7.22. The van der Waals surface area contributed by atoms with Gasteiger partial charge in [-0.1, -0.05) is 12.2 Å². The number of nitrogens with zero attached hydrogens (tertiary/aromatic N) is 1. The molecule has 2 heterocycles. The van der Waals surface area contributed by atoms with Gasteiger partial charge < -0.3 is 15.0 Å². The number of nitrogens with two attached hydrogens (primary N) is 1. The summed E-state index contributed by atoms with van der Waals surface area (Å²) in [5.74, 6) is 0. The highest BCUT2D eigenvalue weighted by molar-refractivity contribution is 7.80. The summed E-state index contributed by atoms with van der Waals surface area (Å²) in [4.78, 5) is 12.2. The molecule has 1 unspecified atom stereocenters. The lowest BCUT2D eigenvalue weighted by Crippen LogP contribution is -2.28. The van der Waals surface area contributed by atoms with Crippen LogP contribution in [0.15, 0.2) is 23.1 Å². The van der Waals surface area contributed by atoms with E-state index in [9.17, 15) is 4.79 Å². The summed E-state index contributed by atoms with van der Waals surface area (Å²) in [6, 6.07) is 3.48. The van der Waals surface area contributed by atoms with Gasteiger partial charge >= 0.3 is 0 Å². The van der Waals surface area contributed by atoms with Gasteiger partial charge in [-0.2, -0.15) is 0 Å². The van der Waals surface area contributed by atoms with Gasteiger partial charge in [-0.25, -0.2) is 0 Å². The molecular weight excluding hydrogens is 248 g/mol. The number of thiocarbonyl (C=S) groups is 1. The first-order valence-corrected chi connectivity index (χ1v) is 6.70. The van der Waals surface area contributed by atoms with Crippen molar-refractivity contribution >= 4 is 17.2 Å². The Kier molecular flexibility index (Phi) is 4.49. The lowest BCUT2D eigenvalue weighted by Gasteiger charge is -2.10. The van der Waals surface area contributed by atoms with E-state index in [2.05, 4.69) is 0 Å². The Labute approximate surface area is 112 Å². The monoisotopic (exact) mass is 266 g/mol. The van der Waals surface area contributed by atoms with Crippen molar-refractivity contribution in [2.24, 2.45) is 5.73 Å². The van der Waals surface area contributed by atoms with Crippen LogP contribution < -0.4 is 11.3 Å². The van der Waals surface area contributed by atoms with Gasteiger partial charge in [0, 0.05) is 19.3 Å². The number of hydrogen-bond donors (Lipinski definition) is 1. The summed E-state index contributed by atoms with van der Waals surface area (Å²) in [7, 11) is 0. The number of aryl methyl sites for hydroxylation is 1. The molecule has 1 aromatic heterocycles. The molecule has 0 amide bonds. The molecular formula is C13H18N2O2S. The fraction of sp³-hybridized carbons (Fsp3) is 0.538. The predicted molar refractivity (Wildman–Crippen MR) is 74.8 cm³/mol. The lowest BCUT2D eigenvalue weighted by molar-refractivity contribution is 0.101. The van der Waals surface area contributed by atoms with Crippen molar-refractivity contribution in [3.05, 3.63) is 34.2 Å². The summed E-state index contributed by atoms with van der Waals surface area (Å²) in [6.07, 6.45) is 6.39. The molecule has 98 valence electrons. The Morgan fingerprint density at radius 1 is 1.61 bits per heavy atom. The van der Waals surface area contributed by atoms with Gasteiger partial charge in [-0.15, -0.1) is 0 Å². The Bertz CT molecular complexity index is 478. The molecule has 0 bridgehead atoms. The summed E-state index contributed by atoms with van der Waals surface area (Å²) in [5, 5.41) is 0. The fourth-order valence-corrected chi connectivity index (χ4v) is 2.42. The normalized spacial score (nSPS) is 19.0. The zero-order valence-corrected chi connectivity index (χ0v) is 11.1. The number of pyridine rings is 1. The number of rotatable bonds is 5. The topological polar surface area (TPSA) is 57.2 Å². The second kappa shape index (κ2) is 6.11. The molecule has 0 spiro atoms. The minimum Gasteiger partial charge on any atom is -0.389 e. The van der Waals surface area contributed by atoms with Crippen LogP contribution in [0.4, 0.5) is 0 Å². The Morgan fingerprint density at radius 2 is 2.44 bits per heavy atom. The molecule has 1 fully saturated rings. The first-order valence-electron chi connectivity index (χ1n) is 6.29. The van der Waals surface area contributed by atoms with Crippen LogP contribution in [0, 0.1) is 0 Å². The second-order valence-electron chi connectivity index (χ2n) is 4.56. The van der Waals surface area contributed by atoms with Gasteiger partial charge in [-0.3, -0.25) is 4.79 Å². The molecule has 5 heteroatoms. The predicted octanol–water partition coefficient (Wildman–Crippen LogP) is 1.44. The van der Waals surface area contributed by atoms with E-state index in [4.69, 9.17) is 22.7 Å². The third-order valence-electron chi connectivity index (χ3n) is 3.23. The van der Waals surface area contributed by atoms with Gasteiger partial charge in [0.1, 0.15) is 4.99 Å². The van der Waals surface area contributed by atoms with Crippen molar-refractivity contribution in [3.63, 3.8) is 0 Å². The summed E-state index contributed by atoms with van der Waals surface area (Å²) >= 11 is 4.85. The number of aromatic nitrogens is 1. The van der Waals surface area contributed by atoms with E-state index in [1.165, 1.54) is 0 Å². The average molecular weight is 266 g/mol. The van der Waals surface area contributed by atoms with Crippen molar-refractivity contribution in [1.82, 2.24) is 4.57 Å². The standard InChI is InChI=1S/C13H18N2O2S/c14-12(18)11-6-2-8-15(13(11)16)7-1-4-10-5-3-9-17-10/h2,6,8,10H,1,3-5,7,9H2,(H2,14,18). The maximum Gasteiger partial charge on any atom is 0.260 e. The summed E-state index contributed by atoms with van der Waals surface area (Å²) in [5.41, 5.74) is 5.83. The van der Waals surface area contributed by atoms with Crippen LogP contribution in [0.3, 0.4) is 0 Å². The largest absolute Gasteiger partial charge is 0.389 e. The number of ether oxygens (including phenoxy) is 1. The molecule has 2 rings (SSSR count). The van der Waals surface area contributed by atoms with E-state index in [0.29, 0.717) is 18.2 Å². The third kappa shape index (κ3) is 3.17.